The summed E-state index contributed by atoms with van der Waals surface area (Å²) >= 11 is 12.2. The Balaban J connectivity index is 1.86. The van der Waals surface area contributed by atoms with Gasteiger partial charge >= 0.3 is 0 Å². The van der Waals surface area contributed by atoms with Crippen molar-refractivity contribution in [2.24, 2.45) is 0 Å². The molecule has 30 heavy (non-hydrogen) atoms. The average Bonchev–Trinajstić information content (AvgIpc) is 2.74. The first-order chi connectivity index (χ1) is 14.3. The van der Waals surface area contributed by atoms with E-state index in [1.807, 2.05) is 13.0 Å². The molecule has 1 unspecified atom stereocenters. The van der Waals surface area contributed by atoms with E-state index < -0.39 is 17.9 Å². The maximum absolute atomic E-state index is 13.0. The highest BCUT2D eigenvalue weighted by molar-refractivity contribution is 6.31. The van der Waals surface area contributed by atoms with Gasteiger partial charge in [0, 0.05) is 21.2 Å². The van der Waals surface area contributed by atoms with E-state index in [1.54, 1.807) is 66.7 Å². The minimum Gasteiger partial charge on any atom is -0.336 e. The van der Waals surface area contributed by atoms with Crippen LogP contribution in [0, 0.1) is 12.3 Å². The Kier molecular flexibility index (Phi) is 6.87. The first kappa shape index (κ1) is 21.6. The second-order valence-corrected chi connectivity index (χ2v) is 7.50. The molecular formula is C23H19Cl2N3O2. The van der Waals surface area contributed by atoms with Crippen LogP contribution in [0.2, 0.25) is 10.0 Å². The van der Waals surface area contributed by atoms with Crippen LogP contribution in [0.5, 0.6) is 0 Å². The second kappa shape index (κ2) is 9.57. The molecule has 7 heteroatoms. The van der Waals surface area contributed by atoms with Gasteiger partial charge in [-0.1, -0.05) is 71.7 Å². The Bertz CT molecular complexity index is 1100. The van der Waals surface area contributed by atoms with E-state index in [0.29, 0.717) is 26.7 Å². The molecule has 3 aromatic carbocycles. The lowest BCUT2D eigenvalue weighted by Crippen LogP contribution is -2.42. The molecule has 0 aliphatic carbocycles. The van der Waals surface area contributed by atoms with Gasteiger partial charge in [-0.3, -0.25) is 15.0 Å². The van der Waals surface area contributed by atoms with Crippen molar-refractivity contribution in [1.82, 2.24) is 10.6 Å². The molecule has 0 heterocycles. The maximum atomic E-state index is 13.0. The molecule has 152 valence electrons. The number of carbonyl (C=O) groups excluding carboxylic acids is 2. The van der Waals surface area contributed by atoms with Crippen LogP contribution in [0.25, 0.3) is 0 Å². The van der Waals surface area contributed by atoms with Crippen LogP contribution < -0.4 is 10.6 Å². The first-order valence-electron chi connectivity index (χ1n) is 9.12. The fourth-order valence-electron chi connectivity index (χ4n) is 2.81. The van der Waals surface area contributed by atoms with Crippen LogP contribution >= 0.6 is 23.2 Å². The van der Waals surface area contributed by atoms with Crippen LogP contribution in [0.3, 0.4) is 0 Å². The molecule has 3 aromatic rings. The Morgan fingerprint density at radius 3 is 2.30 bits per heavy atom. The molecule has 3 N–H and O–H groups in total. The number of benzene rings is 3. The smallest absolute Gasteiger partial charge is 0.252 e. The van der Waals surface area contributed by atoms with E-state index in [2.05, 4.69) is 10.6 Å². The van der Waals surface area contributed by atoms with Gasteiger partial charge in [0.2, 0.25) is 0 Å². The van der Waals surface area contributed by atoms with Crippen LogP contribution in [0.1, 0.15) is 33.1 Å². The van der Waals surface area contributed by atoms with Gasteiger partial charge in [0.25, 0.3) is 11.8 Å². The van der Waals surface area contributed by atoms with Crippen molar-refractivity contribution in [2.45, 2.75) is 13.0 Å². The molecule has 0 aliphatic rings. The summed E-state index contributed by atoms with van der Waals surface area (Å²) in [6.07, 6.45) is 0. The Labute approximate surface area is 184 Å². The zero-order valence-corrected chi connectivity index (χ0v) is 17.6. The summed E-state index contributed by atoms with van der Waals surface area (Å²) in [5, 5.41) is 14.3. The monoisotopic (exact) mass is 439 g/mol. The predicted octanol–water partition coefficient (Wildman–Crippen LogP) is 4.91. The van der Waals surface area contributed by atoms with Gasteiger partial charge < -0.3 is 10.6 Å². The Morgan fingerprint density at radius 2 is 1.63 bits per heavy atom. The molecule has 0 aromatic heterocycles. The van der Waals surface area contributed by atoms with Crippen molar-refractivity contribution in [3.63, 3.8) is 0 Å². The number of nitrogens with one attached hydrogen (secondary N) is 3. The van der Waals surface area contributed by atoms with Gasteiger partial charge in [0.15, 0.2) is 0 Å². The zero-order valence-electron chi connectivity index (χ0n) is 16.1. The fourth-order valence-corrected chi connectivity index (χ4v) is 3.19. The molecule has 5 nitrogen and oxygen atoms in total. The lowest BCUT2D eigenvalue weighted by atomic mass is 10.0. The number of amides is 2. The molecule has 0 saturated heterocycles. The summed E-state index contributed by atoms with van der Waals surface area (Å²) in [4.78, 5) is 25.8. The summed E-state index contributed by atoms with van der Waals surface area (Å²) in [5.41, 5.74) is 2.21. The molecule has 2 amide bonds. The quantitative estimate of drug-likeness (QED) is 0.389. The number of rotatable bonds is 5. The lowest BCUT2D eigenvalue weighted by molar-refractivity contribution is -0.121. The van der Waals surface area contributed by atoms with E-state index in [9.17, 15) is 9.59 Å². The van der Waals surface area contributed by atoms with Crippen molar-refractivity contribution in [3.05, 3.63) is 105 Å². The third-order valence-corrected chi connectivity index (χ3v) is 5.11. The predicted molar refractivity (Wildman–Crippen MR) is 119 cm³/mol. The topological polar surface area (TPSA) is 82.1 Å². The number of carbonyl (C=O) groups is 2. The second-order valence-electron chi connectivity index (χ2n) is 6.66. The van der Waals surface area contributed by atoms with Crippen molar-refractivity contribution in [1.29, 1.82) is 5.41 Å². The van der Waals surface area contributed by atoms with Gasteiger partial charge in [0.1, 0.15) is 11.9 Å². The zero-order chi connectivity index (χ0) is 21.7. The van der Waals surface area contributed by atoms with Crippen LogP contribution in [0.15, 0.2) is 72.8 Å². The molecule has 0 aliphatic heterocycles. The number of hydrogen-bond acceptors (Lipinski definition) is 3. The highest BCUT2D eigenvalue weighted by Gasteiger charge is 2.25. The summed E-state index contributed by atoms with van der Waals surface area (Å²) < 4.78 is 0. The fraction of sp³-hybridized carbons (Fsp3) is 0.0870. The lowest BCUT2D eigenvalue weighted by Gasteiger charge is -2.20. The summed E-state index contributed by atoms with van der Waals surface area (Å²) in [6, 6.07) is 19.3. The van der Waals surface area contributed by atoms with Crippen molar-refractivity contribution < 1.29 is 9.59 Å². The summed E-state index contributed by atoms with van der Waals surface area (Å²) in [7, 11) is 0. The van der Waals surface area contributed by atoms with E-state index in [4.69, 9.17) is 28.6 Å². The molecule has 0 spiro atoms. The van der Waals surface area contributed by atoms with Crippen molar-refractivity contribution in [3.8, 4) is 0 Å². The Hall–Kier alpha value is -3.15. The van der Waals surface area contributed by atoms with Crippen LogP contribution in [-0.4, -0.2) is 17.6 Å². The van der Waals surface area contributed by atoms with Gasteiger partial charge in [-0.15, -0.1) is 0 Å². The van der Waals surface area contributed by atoms with Crippen molar-refractivity contribution in [2.75, 3.05) is 0 Å². The molecule has 0 fully saturated rings. The van der Waals surface area contributed by atoms with Gasteiger partial charge in [-0.05, 0) is 42.3 Å². The number of amidine groups is 1. The molecule has 0 bridgehead atoms. The van der Waals surface area contributed by atoms with Gasteiger partial charge in [-0.2, -0.15) is 0 Å². The van der Waals surface area contributed by atoms with Crippen molar-refractivity contribution >= 4 is 40.9 Å². The maximum Gasteiger partial charge on any atom is 0.252 e. The summed E-state index contributed by atoms with van der Waals surface area (Å²) in [6.45, 7) is 1.83. The molecule has 1 atom stereocenters. The van der Waals surface area contributed by atoms with E-state index in [1.165, 1.54) is 0 Å². The minimum absolute atomic E-state index is 0.0692. The summed E-state index contributed by atoms with van der Waals surface area (Å²) in [5.74, 6) is -1.10. The minimum atomic E-state index is -1.06. The van der Waals surface area contributed by atoms with Crippen LogP contribution in [0.4, 0.5) is 0 Å². The normalized spacial score (nSPS) is 11.4. The van der Waals surface area contributed by atoms with E-state index in [0.717, 1.165) is 5.56 Å². The van der Waals surface area contributed by atoms with Crippen LogP contribution in [-0.2, 0) is 4.79 Å². The standard InChI is InChI=1S/C23H19Cl2N3O2/c1-14-10-11-17(13-19(14)25)22(29)27-20(16-8-5-9-18(24)12-16)23(30)28-21(26)15-6-3-2-4-7-15/h2-13,20H,1H3,(H,27,29)(H2,26,28,30). The first-order valence-corrected chi connectivity index (χ1v) is 9.88. The molecule has 0 radical (unpaired) electrons. The molecule has 3 rings (SSSR count). The Morgan fingerprint density at radius 1 is 0.900 bits per heavy atom. The van der Waals surface area contributed by atoms with E-state index in [-0.39, 0.29) is 5.84 Å². The number of aryl methyl sites for hydroxylation is 1. The number of halogens is 2. The average molecular weight is 440 g/mol. The SMILES string of the molecule is Cc1ccc(C(=O)NC(C(=O)NC(=N)c2ccccc2)c2cccc(Cl)c2)cc1Cl. The molecular weight excluding hydrogens is 421 g/mol. The van der Waals surface area contributed by atoms with Gasteiger partial charge in [0.05, 0.1) is 0 Å². The highest BCUT2D eigenvalue weighted by Crippen LogP contribution is 2.21. The number of hydrogen-bond donors (Lipinski definition) is 3. The van der Waals surface area contributed by atoms with Gasteiger partial charge in [-0.25, -0.2) is 0 Å². The third-order valence-electron chi connectivity index (χ3n) is 4.46. The largest absolute Gasteiger partial charge is 0.336 e. The third kappa shape index (κ3) is 5.26. The molecule has 0 saturated carbocycles. The highest BCUT2D eigenvalue weighted by atomic mass is 35.5. The van der Waals surface area contributed by atoms with E-state index >= 15 is 0 Å².